The molecule has 0 aliphatic carbocycles. The summed E-state index contributed by atoms with van der Waals surface area (Å²) in [5.41, 5.74) is 1.67. The Morgan fingerprint density at radius 2 is 1.27 bits per heavy atom. The van der Waals surface area contributed by atoms with Crippen LogP contribution in [0.1, 0.15) is 47.1 Å². The molecular weight excluding hydrogens is 180 g/mol. The Hall–Kier alpha value is -1.04. The summed E-state index contributed by atoms with van der Waals surface area (Å²) in [7, 11) is 0. The molecule has 15 heavy (non-hydrogen) atoms. The lowest BCUT2D eigenvalue weighted by atomic mass is 10.0. The maximum atomic E-state index is 3.63. The minimum atomic E-state index is 0.500. The van der Waals surface area contributed by atoms with Crippen LogP contribution in [-0.2, 0) is 0 Å². The van der Waals surface area contributed by atoms with Crippen molar-refractivity contribution in [2.75, 3.05) is 0 Å². The quantitative estimate of drug-likeness (QED) is 0.576. The molecule has 0 saturated heterocycles. The van der Waals surface area contributed by atoms with Gasteiger partial charge in [0.2, 0.25) is 0 Å². The Balaban J connectivity index is 0. The Kier molecular flexibility index (Phi) is 10.4. The van der Waals surface area contributed by atoms with E-state index in [-0.39, 0.29) is 0 Å². The lowest BCUT2D eigenvalue weighted by Gasteiger charge is -2.05. The fourth-order valence-corrected chi connectivity index (χ4v) is 0.589. The third-order valence-electron chi connectivity index (χ3n) is 1.04. The normalized spacial score (nSPS) is 8.93. The third kappa shape index (κ3) is 19.4. The van der Waals surface area contributed by atoms with Gasteiger partial charge in [-0.25, -0.2) is 0 Å². The van der Waals surface area contributed by atoms with Gasteiger partial charge in [-0.05, 0) is 11.0 Å². The molecule has 0 heteroatoms. The summed E-state index contributed by atoms with van der Waals surface area (Å²) in [5.74, 6) is 0. The second kappa shape index (κ2) is 9.51. The summed E-state index contributed by atoms with van der Waals surface area (Å²) in [5, 5.41) is 0. The van der Waals surface area contributed by atoms with E-state index in [0.29, 0.717) is 5.41 Å². The zero-order valence-electron chi connectivity index (χ0n) is 11.2. The molecule has 0 saturated carbocycles. The van der Waals surface area contributed by atoms with Gasteiger partial charge in [0, 0.05) is 0 Å². The largest absolute Gasteiger partial charge is 0.0985 e. The predicted octanol–water partition coefficient (Wildman–Crippen LogP) is 5.41. The van der Waals surface area contributed by atoms with Crippen molar-refractivity contribution >= 4 is 6.08 Å². The molecule has 0 aromatic heterocycles. The first-order chi connectivity index (χ1) is 6.93. The fraction of sp³-hybridized carbons (Fsp3) is 0.467. The number of rotatable bonds is 1. The highest BCUT2D eigenvalue weighted by Crippen LogP contribution is 2.08. The lowest BCUT2D eigenvalue weighted by Crippen LogP contribution is -1.93. The second-order valence-electron chi connectivity index (χ2n) is 4.61. The summed E-state index contributed by atoms with van der Waals surface area (Å²) in [6.07, 6.45) is 1.83. The monoisotopic (exact) mass is 206 g/mol. The third-order valence-corrected chi connectivity index (χ3v) is 1.04. The van der Waals surface area contributed by atoms with Crippen LogP contribution in [0.15, 0.2) is 36.9 Å². The molecule has 1 aromatic carbocycles. The Morgan fingerprint density at radius 3 is 1.47 bits per heavy atom. The summed E-state index contributed by atoms with van der Waals surface area (Å²) >= 11 is 0. The maximum absolute atomic E-state index is 3.63. The molecule has 1 rings (SSSR count). The van der Waals surface area contributed by atoms with Crippen LogP contribution < -0.4 is 0 Å². The summed E-state index contributed by atoms with van der Waals surface area (Å²) in [6, 6.07) is 10.0. The van der Waals surface area contributed by atoms with Crippen LogP contribution in [0.3, 0.4) is 0 Å². The van der Waals surface area contributed by atoms with Crippen molar-refractivity contribution in [2.45, 2.75) is 41.5 Å². The molecule has 0 spiro atoms. The van der Waals surface area contributed by atoms with Gasteiger partial charge in [0.05, 0.1) is 0 Å². The molecule has 0 atom stereocenters. The molecule has 0 fully saturated rings. The molecule has 0 radical (unpaired) electrons. The molecule has 0 heterocycles. The van der Waals surface area contributed by atoms with E-state index in [1.807, 2.05) is 50.3 Å². The molecule has 0 N–H and O–H groups in total. The first-order valence-electron chi connectivity index (χ1n) is 5.61. The van der Waals surface area contributed by atoms with Crippen LogP contribution in [0.5, 0.6) is 0 Å². The zero-order chi connectivity index (χ0) is 12.3. The van der Waals surface area contributed by atoms with Crippen molar-refractivity contribution in [3.63, 3.8) is 0 Å². The Labute approximate surface area is 96.0 Å². The highest BCUT2D eigenvalue weighted by molar-refractivity contribution is 5.45. The van der Waals surface area contributed by atoms with Gasteiger partial charge >= 0.3 is 0 Å². The molecular formula is C15H26. The van der Waals surface area contributed by atoms with Crippen molar-refractivity contribution in [1.29, 1.82) is 0 Å². The topological polar surface area (TPSA) is 0 Å². The van der Waals surface area contributed by atoms with Crippen molar-refractivity contribution in [3.05, 3.63) is 42.5 Å². The van der Waals surface area contributed by atoms with Crippen LogP contribution >= 0.6 is 0 Å². The average Bonchev–Trinajstić information content (AvgIpc) is 2.20. The second-order valence-corrected chi connectivity index (χ2v) is 4.61. The highest BCUT2D eigenvalue weighted by Gasteiger charge is 1.95. The summed E-state index contributed by atoms with van der Waals surface area (Å²) < 4.78 is 0. The molecule has 0 amide bonds. The van der Waals surface area contributed by atoms with Crippen molar-refractivity contribution < 1.29 is 0 Å². The summed E-state index contributed by atoms with van der Waals surface area (Å²) in [4.78, 5) is 0. The van der Waals surface area contributed by atoms with Crippen LogP contribution in [0.4, 0.5) is 0 Å². The van der Waals surface area contributed by atoms with Gasteiger partial charge in [0.25, 0.3) is 0 Å². The van der Waals surface area contributed by atoms with E-state index in [1.165, 1.54) is 5.56 Å². The zero-order valence-corrected chi connectivity index (χ0v) is 11.2. The first-order valence-corrected chi connectivity index (χ1v) is 5.61. The Bertz CT molecular complexity index is 220. The first kappa shape index (κ1) is 16.4. The van der Waals surface area contributed by atoms with E-state index in [2.05, 4.69) is 34.3 Å². The minimum Gasteiger partial charge on any atom is -0.0985 e. The van der Waals surface area contributed by atoms with Gasteiger partial charge in [-0.1, -0.05) is 84.5 Å². The van der Waals surface area contributed by atoms with E-state index >= 15 is 0 Å². The van der Waals surface area contributed by atoms with E-state index in [9.17, 15) is 0 Å². The van der Waals surface area contributed by atoms with Gasteiger partial charge in [0.15, 0.2) is 0 Å². The van der Waals surface area contributed by atoms with Crippen molar-refractivity contribution in [3.8, 4) is 0 Å². The van der Waals surface area contributed by atoms with E-state index < -0.39 is 0 Å². The number of benzene rings is 1. The number of hydrogen-bond acceptors (Lipinski definition) is 0. The van der Waals surface area contributed by atoms with Crippen molar-refractivity contribution in [1.82, 2.24) is 0 Å². The van der Waals surface area contributed by atoms with Crippen LogP contribution in [0, 0.1) is 5.41 Å². The highest BCUT2D eigenvalue weighted by atomic mass is 14.0. The van der Waals surface area contributed by atoms with Gasteiger partial charge < -0.3 is 0 Å². The number of hydrogen-bond donors (Lipinski definition) is 0. The average molecular weight is 206 g/mol. The SMILES string of the molecule is C=Cc1ccccc1.CC.CC(C)(C)C. The molecule has 86 valence electrons. The standard InChI is InChI=1S/C8H8.C5H12.C2H6/c1-2-8-6-4-3-5-7-8;1-5(2,3)4;1-2/h2-7H,1H2;1-4H3;1-2H3. The van der Waals surface area contributed by atoms with Gasteiger partial charge in [-0.2, -0.15) is 0 Å². The smallest absolute Gasteiger partial charge is 0.0263 e. The van der Waals surface area contributed by atoms with Gasteiger partial charge in [-0.3, -0.25) is 0 Å². The van der Waals surface area contributed by atoms with Gasteiger partial charge in [-0.15, -0.1) is 0 Å². The molecule has 0 unspecified atom stereocenters. The Morgan fingerprint density at radius 1 is 0.933 bits per heavy atom. The molecule has 0 aliphatic rings. The van der Waals surface area contributed by atoms with E-state index in [1.54, 1.807) is 0 Å². The fourth-order valence-electron chi connectivity index (χ4n) is 0.589. The van der Waals surface area contributed by atoms with Crippen LogP contribution in [-0.4, -0.2) is 0 Å². The van der Waals surface area contributed by atoms with E-state index in [4.69, 9.17) is 0 Å². The summed E-state index contributed by atoms with van der Waals surface area (Å²) in [6.45, 7) is 16.4. The maximum Gasteiger partial charge on any atom is -0.0263 e. The molecule has 0 aliphatic heterocycles. The minimum absolute atomic E-state index is 0.500. The molecule has 1 aromatic rings. The van der Waals surface area contributed by atoms with Crippen LogP contribution in [0.2, 0.25) is 0 Å². The van der Waals surface area contributed by atoms with Gasteiger partial charge in [0.1, 0.15) is 0 Å². The van der Waals surface area contributed by atoms with E-state index in [0.717, 1.165) is 0 Å². The molecule has 0 nitrogen and oxygen atoms in total. The van der Waals surface area contributed by atoms with Crippen LogP contribution in [0.25, 0.3) is 6.08 Å². The van der Waals surface area contributed by atoms with Crippen molar-refractivity contribution in [2.24, 2.45) is 5.41 Å². The predicted molar refractivity (Wildman–Crippen MR) is 73.0 cm³/mol. The molecule has 0 bridgehead atoms. The lowest BCUT2D eigenvalue weighted by molar-refractivity contribution is 0.469.